The van der Waals surface area contributed by atoms with Gasteiger partial charge in [-0.2, -0.15) is 0 Å². The highest BCUT2D eigenvalue weighted by atomic mass is 16.8. The summed E-state index contributed by atoms with van der Waals surface area (Å²) in [5.74, 6) is -5.35. The Hall–Kier alpha value is -3.89. The van der Waals surface area contributed by atoms with E-state index in [0.29, 0.717) is 24.8 Å². The van der Waals surface area contributed by atoms with Crippen LogP contribution in [0, 0.1) is 56.2 Å². The quantitative estimate of drug-likeness (QED) is 0.0114. The van der Waals surface area contributed by atoms with E-state index < -0.39 is 365 Å². The average Bonchev–Trinajstić information content (AvgIpc) is 0.665. The second-order valence-electron chi connectivity index (χ2n) is 41.4. The molecule has 44 heteroatoms. The van der Waals surface area contributed by atoms with Crippen molar-refractivity contribution in [3.8, 4) is 0 Å². The van der Waals surface area contributed by atoms with Gasteiger partial charge in [0.2, 0.25) is 12.6 Å². The summed E-state index contributed by atoms with van der Waals surface area (Å²) < 4.78 is 109. The van der Waals surface area contributed by atoms with Crippen LogP contribution in [0.5, 0.6) is 0 Å². The molecular weight excluding hydrogens is 1780 g/mol. The Morgan fingerprint density at radius 3 is 1.73 bits per heavy atom. The van der Waals surface area contributed by atoms with Crippen LogP contribution in [0.2, 0.25) is 0 Å². The van der Waals surface area contributed by atoms with Crippen LogP contribution in [-0.4, -0.2) is 426 Å². The molecule has 44 nitrogen and oxygen atoms in total. The Kier molecular flexibility index (Phi) is 33.5. The molecule has 23 N–H and O–H groups in total. The van der Waals surface area contributed by atoms with Gasteiger partial charge in [0.15, 0.2) is 50.1 Å². The van der Waals surface area contributed by atoms with Gasteiger partial charge in [-0.1, -0.05) is 79.2 Å². The molecule has 768 valence electrons. The molecule has 0 spiro atoms. The Balaban J connectivity index is 0.808. The zero-order valence-corrected chi connectivity index (χ0v) is 77.6. The molecule has 0 aromatic rings. The molecule has 8 aliphatic heterocycles. The number of aliphatic hydroxyl groups excluding tert-OH is 23. The molecule has 0 aromatic carbocycles. The zero-order chi connectivity index (χ0) is 98.5. The summed E-state index contributed by atoms with van der Waals surface area (Å²) in [6.07, 6.45) is -65.3. The molecule has 51 unspecified atom stereocenters. The number of rotatable bonds is 28. The van der Waals surface area contributed by atoms with E-state index in [1.807, 2.05) is 33.8 Å². The maximum atomic E-state index is 16.9. The minimum Gasteiger partial charge on any atom is -0.458 e. The molecule has 4 saturated carbocycles. The molecule has 51 atom stereocenters. The van der Waals surface area contributed by atoms with Crippen LogP contribution in [0.25, 0.3) is 0 Å². The standard InChI is InChI=1S/C90H144O44/c1-15-34(3)73(114)127-51-24-44(123-80-66(111)60(105)55(100)45(29-91)124-80)57(102)81(128-51)134-85(10,16-2)22-17-18-35(4)74(115)126-50-28-90(40(25-84(50,8)9)39-19-20-48-86(11)26-41(93)72(132-79-65(110)59(104)53(98)37(6)121-79)87(12,33-92)47(86)21-23-88(48,13)89(39,14)27-49(90)96)83(116)133-82-71(61(106)56(101)46(125-82)32-119-75-64(109)58(103)52(97)36(5)120-75)131-78-67(112)62(107)69(38(7)122-78)129-77-68(113)70(43(95)31-118-77)130-76-63(108)54(99)42(94)30-117-76/h16,18-19,34,36-38,40-72,75-82,91-113H,2,15,17,20-33H2,1,3-14H3. The molecule has 8 heterocycles. The third-order valence-electron chi connectivity index (χ3n) is 32.3. The zero-order valence-electron chi connectivity index (χ0n) is 77.6. The normalized spacial score (nSPS) is 51.1. The van der Waals surface area contributed by atoms with Gasteiger partial charge in [-0.25, -0.2) is 4.79 Å². The lowest BCUT2D eigenvalue weighted by atomic mass is 9.33. The van der Waals surface area contributed by atoms with Gasteiger partial charge in [-0.3, -0.25) is 9.59 Å². The lowest BCUT2D eigenvalue weighted by molar-refractivity contribution is -0.381. The number of hydrogen-bond donors (Lipinski definition) is 23. The molecule has 0 bridgehead atoms. The van der Waals surface area contributed by atoms with Gasteiger partial charge in [0.1, 0.15) is 152 Å². The van der Waals surface area contributed by atoms with Gasteiger partial charge < -0.3 is 203 Å². The van der Waals surface area contributed by atoms with Crippen molar-refractivity contribution < 1.29 is 217 Å². The Morgan fingerprint density at radius 1 is 0.545 bits per heavy atom. The number of hydrogen-bond acceptors (Lipinski definition) is 44. The molecule has 13 rings (SSSR count). The fraction of sp³-hybridized carbons (Fsp3) is 0.900. The first-order chi connectivity index (χ1) is 62.7. The van der Waals surface area contributed by atoms with Crippen LogP contribution in [-0.2, 0) is 99.6 Å². The number of carbonyl (C=O) groups excluding carboxylic acids is 3. The van der Waals surface area contributed by atoms with Crippen molar-refractivity contribution in [1.82, 2.24) is 0 Å². The number of allylic oxidation sites excluding steroid dienone is 3. The van der Waals surface area contributed by atoms with Crippen LogP contribution >= 0.6 is 0 Å². The lowest BCUT2D eigenvalue weighted by Gasteiger charge is -2.72. The summed E-state index contributed by atoms with van der Waals surface area (Å²) >= 11 is 0. The predicted octanol–water partition coefficient (Wildman–Crippen LogP) is -5.69. The van der Waals surface area contributed by atoms with Crippen LogP contribution in [0.15, 0.2) is 36.0 Å². The third-order valence-corrected chi connectivity index (χ3v) is 32.3. The van der Waals surface area contributed by atoms with E-state index in [2.05, 4.69) is 13.5 Å². The van der Waals surface area contributed by atoms with Crippen LogP contribution in [0.1, 0.15) is 161 Å². The highest BCUT2D eigenvalue weighted by Gasteiger charge is 2.75. The molecular formula is C90H144O44. The average molecular weight is 1930 g/mol. The lowest BCUT2D eigenvalue weighted by Crippen LogP contribution is -2.71. The summed E-state index contributed by atoms with van der Waals surface area (Å²) in [4.78, 5) is 45.4. The highest BCUT2D eigenvalue weighted by Crippen LogP contribution is 2.76. The maximum absolute atomic E-state index is 16.9. The molecule has 134 heavy (non-hydrogen) atoms. The number of ether oxygens (including phenoxy) is 18. The third kappa shape index (κ3) is 20.1. The number of fused-ring (bicyclic) bond motifs is 7. The summed E-state index contributed by atoms with van der Waals surface area (Å²) in [6, 6.07) is 0. The van der Waals surface area contributed by atoms with Crippen molar-refractivity contribution in [2.24, 2.45) is 56.2 Å². The van der Waals surface area contributed by atoms with Gasteiger partial charge in [0.25, 0.3) is 0 Å². The van der Waals surface area contributed by atoms with Gasteiger partial charge in [0.05, 0.1) is 87.3 Å². The Labute approximate surface area is 775 Å². The first-order valence-corrected chi connectivity index (χ1v) is 46.6. The molecule has 8 saturated heterocycles. The van der Waals surface area contributed by atoms with Crippen molar-refractivity contribution >= 4 is 17.9 Å². The molecule has 0 aromatic heterocycles. The van der Waals surface area contributed by atoms with Crippen molar-refractivity contribution in [2.75, 3.05) is 33.0 Å². The van der Waals surface area contributed by atoms with Gasteiger partial charge in [-0.05, 0) is 126 Å². The van der Waals surface area contributed by atoms with Gasteiger partial charge in [-0.15, -0.1) is 6.58 Å². The van der Waals surface area contributed by atoms with Gasteiger partial charge in [0, 0.05) is 29.2 Å². The van der Waals surface area contributed by atoms with Crippen LogP contribution < -0.4 is 0 Å². The van der Waals surface area contributed by atoms with Crippen molar-refractivity contribution in [2.45, 2.75) is 418 Å². The van der Waals surface area contributed by atoms with Crippen molar-refractivity contribution in [3.63, 3.8) is 0 Å². The Morgan fingerprint density at radius 2 is 1.10 bits per heavy atom. The first-order valence-electron chi connectivity index (χ1n) is 46.6. The summed E-state index contributed by atoms with van der Waals surface area (Å²) in [7, 11) is 0. The second-order valence-corrected chi connectivity index (χ2v) is 41.4. The van der Waals surface area contributed by atoms with E-state index in [9.17, 15) is 122 Å². The smallest absolute Gasteiger partial charge is 0.333 e. The number of esters is 3. The fourth-order valence-electron chi connectivity index (χ4n) is 23.3. The minimum absolute atomic E-state index is 0.000945. The maximum Gasteiger partial charge on any atom is 0.333 e. The molecule has 5 aliphatic carbocycles. The largest absolute Gasteiger partial charge is 0.458 e. The van der Waals surface area contributed by atoms with Crippen LogP contribution in [0.4, 0.5) is 0 Å². The summed E-state index contributed by atoms with van der Waals surface area (Å²) in [5.41, 5.74) is -8.24. The van der Waals surface area contributed by atoms with Gasteiger partial charge >= 0.3 is 17.9 Å². The van der Waals surface area contributed by atoms with Crippen molar-refractivity contribution in [1.29, 1.82) is 0 Å². The van der Waals surface area contributed by atoms with E-state index >= 15 is 9.59 Å². The van der Waals surface area contributed by atoms with E-state index in [1.54, 1.807) is 27.7 Å². The molecule has 0 amide bonds. The second kappa shape index (κ2) is 41.8. The summed E-state index contributed by atoms with van der Waals surface area (Å²) in [6.45, 7) is 22.8. The van der Waals surface area contributed by atoms with Crippen LogP contribution in [0.3, 0.4) is 0 Å². The van der Waals surface area contributed by atoms with Crippen molar-refractivity contribution in [3.05, 3.63) is 36.0 Å². The first kappa shape index (κ1) is 107. The molecule has 13 aliphatic rings. The monoisotopic (exact) mass is 1930 g/mol. The highest BCUT2D eigenvalue weighted by molar-refractivity contribution is 5.88. The predicted molar refractivity (Wildman–Crippen MR) is 447 cm³/mol. The SMILES string of the molecule is C=CC(C)(CCC=C(C)C(=O)OC1CC2(C(=O)OC3OC(COC4OC(C)C(O)C(O)C4O)C(O)C(O)C3OC3OC(C)C(OC4OCC(O)C(OC5OCC(O)C(O)C5O)C4O)C(O)C3O)C(O)CC3(C)C(=CCC4C5(C)CC(O)C(OC6OC(C)C(O)C(O)C6O)C(C)(CO)C5CCC43C)C2CC1(C)C)OC1OC(OC(=O)C(C)CC)CC(OC2OC(CO)C(O)C(O)C2O)C1O. The van der Waals surface area contributed by atoms with E-state index in [0.717, 1.165) is 0 Å². The molecule has 0 radical (unpaired) electrons. The Bertz CT molecular complexity index is 4040. The molecule has 12 fully saturated rings. The summed E-state index contributed by atoms with van der Waals surface area (Å²) in [5, 5.41) is 260. The fourth-order valence-corrected chi connectivity index (χ4v) is 23.3. The topological polar surface area (TPSA) is 683 Å². The van der Waals surface area contributed by atoms with E-state index in [-0.39, 0.29) is 56.4 Å². The number of aliphatic hydroxyl groups is 23. The van der Waals surface area contributed by atoms with E-state index in [4.69, 9.17) is 85.3 Å². The van der Waals surface area contributed by atoms with E-state index in [1.165, 1.54) is 39.8 Å². The number of carbonyl (C=O) groups is 3. The minimum atomic E-state index is -2.31.